The molecular weight excluding hydrogens is 204 g/mol. The fourth-order valence-electron chi connectivity index (χ4n) is 2.11. The molecule has 16 heavy (non-hydrogen) atoms. The lowest BCUT2D eigenvalue weighted by Crippen LogP contribution is -2.45. The number of aliphatic hydroxyl groups is 1. The van der Waals surface area contributed by atoms with E-state index in [0.29, 0.717) is 12.5 Å². The lowest BCUT2D eigenvalue weighted by molar-refractivity contribution is -0.123. The Morgan fingerprint density at radius 3 is 2.75 bits per heavy atom. The van der Waals surface area contributed by atoms with Crippen molar-refractivity contribution in [2.75, 3.05) is 6.54 Å². The predicted molar refractivity (Wildman–Crippen MR) is 63.8 cm³/mol. The highest BCUT2D eigenvalue weighted by molar-refractivity contribution is 5.81. The van der Waals surface area contributed by atoms with Gasteiger partial charge in [-0.3, -0.25) is 4.79 Å². The second kappa shape index (κ2) is 6.21. The van der Waals surface area contributed by atoms with Gasteiger partial charge in [0, 0.05) is 6.54 Å². The van der Waals surface area contributed by atoms with Crippen LogP contribution in [-0.4, -0.2) is 29.7 Å². The maximum atomic E-state index is 11.7. The zero-order chi connectivity index (χ0) is 12.1. The molecule has 0 saturated heterocycles. The number of carbonyl (C=O) groups is 1. The van der Waals surface area contributed by atoms with Crippen LogP contribution in [0.15, 0.2) is 0 Å². The standard InChI is InChI=1S/C12H24N2O2/c1-3-8(2)11(13)12(16)14-7-9-4-5-10(15)6-9/h8-11,15H,3-7,13H2,1-2H3,(H,14,16)/t8-,9?,10?,11-/m0/s1. The zero-order valence-corrected chi connectivity index (χ0v) is 10.3. The Labute approximate surface area is 97.6 Å². The van der Waals surface area contributed by atoms with Crippen molar-refractivity contribution in [3.05, 3.63) is 0 Å². The molecule has 0 aliphatic heterocycles. The van der Waals surface area contributed by atoms with Crippen molar-refractivity contribution in [3.8, 4) is 0 Å². The van der Waals surface area contributed by atoms with Crippen LogP contribution in [0.2, 0.25) is 0 Å². The molecule has 4 atom stereocenters. The number of hydrogen-bond acceptors (Lipinski definition) is 3. The minimum absolute atomic E-state index is 0.0595. The first-order chi connectivity index (χ1) is 7.54. The summed E-state index contributed by atoms with van der Waals surface area (Å²) in [6.45, 7) is 4.68. The first-order valence-electron chi connectivity index (χ1n) is 6.26. The van der Waals surface area contributed by atoms with Crippen molar-refractivity contribution in [1.29, 1.82) is 0 Å². The Balaban J connectivity index is 2.24. The molecular formula is C12H24N2O2. The smallest absolute Gasteiger partial charge is 0.237 e. The monoisotopic (exact) mass is 228 g/mol. The summed E-state index contributed by atoms with van der Waals surface area (Å²) in [5, 5.41) is 12.2. The van der Waals surface area contributed by atoms with Crippen molar-refractivity contribution in [1.82, 2.24) is 5.32 Å². The van der Waals surface area contributed by atoms with E-state index in [2.05, 4.69) is 5.32 Å². The van der Waals surface area contributed by atoms with Crippen LogP contribution >= 0.6 is 0 Å². The van der Waals surface area contributed by atoms with Gasteiger partial charge >= 0.3 is 0 Å². The number of aliphatic hydroxyl groups excluding tert-OH is 1. The Morgan fingerprint density at radius 1 is 1.56 bits per heavy atom. The molecule has 4 heteroatoms. The molecule has 0 aromatic rings. The summed E-state index contributed by atoms with van der Waals surface area (Å²) in [6.07, 6.45) is 3.40. The average molecular weight is 228 g/mol. The third-order valence-electron chi connectivity index (χ3n) is 3.64. The predicted octanol–water partition coefficient (Wildman–Crippen LogP) is 0.637. The van der Waals surface area contributed by atoms with Crippen LogP contribution in [0.1, 0.15) is 39.5 Å². The number of carbonyl (C=O) groups excluding carboxylic acids is 1. The number of nitrogens with two attached hydrogens (primary N) is 1. The van der Waals surface area contributed by atoms with Gasteiger partial charge in [-0.2, -0.15) is 0 Å². The van der Waals surface area contributed by atoms with Crippen molar-refractivity contribution < 1.29 is 9.90 Å². The Bertz CT molecular complexity index is 233. The van der Waals surface area contributed by atoms with Gasteiger partial charge in [0.05, 0.1) is 12.1 Å². The van der Waals surface area contributed by atoms with E-state index in [-0.39, 0.29) is 17.9 Å². The molecule has 0 aromatic carbocycles. The zero-order valence-electron chi connectivity index (χ0n) is 10.3. The van der Waals surface area contributed by atoms with E-state index < -0.39 is 6.04 Å². The summed E-state index contributed by atoms with van der Waals surface area (Å²) in [5.41, 5.74) is 5.82. The normalized spacial score (nSPS) is 28.8. The molecule has 1 aliphatic carbocycles. The van der Waals surface area contributed by atoms with E-state index in [1.165, 1.54) is 0 Å². The molecule has 0 spiro atoms. The molecule has 0 bridgehead atoms. The van der Waals surface area contributed by atoms with Gasteiger partial charge < -0.3 is 16.2 Å². The quantitative estimate of drug-likeness (QED) is 0.646. The summed E-state index contributed by atoms with van der Waals surface area (Å²) in [5.74, 6) is 0.577. The maximum Gasteiger partial charge on any atom is 0.237 e. The van der Waals surface area contributed by atoms with Gasteiger partial charge in [-0.15, -0.1) is 0 Å². The molecule has 0 heterocycles. The highest BCUT2D eigenvalue weighted by atomic mass is 16.3. The van der Waals surface area contributed by atoms with Gasteiger partial charge in [-0.25, -0.2) is 0 Å². The highest BCUT2D eigenvalue weighted by Gasteiger charge is 2.24. The molecule has 1 amide bonds. The molecule has 1 rings (SSSR count). The molecule has 0 radical (unpaired) electrons. The van der Waals surface area contributed by atoms with E-state index in [9.17, 15) is 9.90 Å². The minimum Gasteiger partial charge on any atom is -0.393 e. The van der Waals surface area contributed by atoms with Gasteiger partial charge in [0.1, 0.15) is 0 Å². The third-order valence-corrected chi connectivity index (χ3v) is 3.64. The Morgan fingerprint density at radius 2 is 2.25 bits per heavy atom. The number of rotatable bonds is 5. The number of hydrogen-bond donors (Lipinski definition) is 3. The Hall–Kier alpha value is -0.610. The van der Waals surface area contributed by atoms with E-state index in [1.54, 1.807) is 0 Å². The number of nitrogens with one attached hydrogen (secondary N) is 1. The van der Waals surface area contributed by atoms with E-state index in [0.717, 1.165) is 25.7 Å². The SMILES string of the molecule is CC[C@H](C)[C@H](N)C(=O)NCC1CCC(O)C1. The first kappa shape index (κ1) is 13.5. The van der Waals surface area contributed by atoms with Gasteiger partial charge in [-0.1, -0.05) is 20.3 Å². The minimum atomic E-state index is -0.406. The largest absolute Gasteiger partial charge is 0.393 e. The summed E-state index contributed by atoms with van der Waals surface area (Å²) in [6, 6.07) is -0.406. The van der Waals surface area contributed by atoms with Crippen LogP contribution in [0.3, 0.4) is 0 Å². The third kappa shape index (κ3) is 3.76. The van der Waals surface area contributed by atoms with Crippen LogP contribution in [0.25, 0.3) is 0 Å². The summed E-state index contributed by atoms with van der Waals surface area (Å²) in [7, 11) is 0. The van der Waals surface area contributed by atoms with Crippen LogP contribution in [-0.2, 0) is 4.79 Å². The van der Waals surface area contributed by atoms with Crippen molar-refractivity contribution >= 4 is 5.91 Å². The Kier molecular flexibility index (Phi) is 5.22. The van der Waals surface area contributed by atoms with Crippen molar-refractivity contribution in [2.45, 2.75) is 51.7 Å². The van der Waals surface area contributed by atoms with Crippen LogP contribution in [0.4, 0.5) is 0 Å². The van der Waals surface area contributed by atoms with E-state index >= 15 is 0 Å². The van der Waals surface area contributed by atoms with Gasteiger partial charge in [0.25, 0.3) is 0 Å². The molecule has 1 saturated carbocycles. The average Bonchev–Trinajstić information content (AvgIpc) is 2.69. The second-order valence-corrected chi connectivity index (χ2v) is 4.99. The molecule has 1 aliphatic rings. The van der Waals surface area contributed by atoms with Crippen molar-refractivity contribution in [2.24, 2.45) is 17.6 Å². The highest BCUT2D eigenvalue weighted by Crippen LogP contribution is 2.24. The topological polar surface area (TPSA) is 75.4 Å². The fourth-order valence-corrected chi connectivity index (χ4v) is 2.11. The molecule has 2 unspecified atom stereocenters. The van der Waals surface area contributed by atoms with Crippen LogP contribution in [0, 0.1) is 11.8 Å². The number of amides is 1. The fraction of sp³-hybridized carbons (Fsp3) is 0.917. The lowest BCUT2D eigenvalue weighted by atomic mass is 9.99. The van der Waals surface area contributed by atoms with Crippen LogP contribution in [0.5, 0.6) is 0 Å². The molecule has 4 nitrogen and oxygen atoms in total. The summed E-state index contributed by atoms with van der Waals surface area (Å²) in [4.78, 5) is 11.7. The first-order valence-corrected chi connectivity index (χ1v) is 6.26. The van der Waals surface area contributed by atoms with Crippen molar-refractivity contribution in [3.63, 3.8) is 0 Å². The lowest BCUT2D eigenvalue weighted by Gasteiger charge is -2.19. The molecule has 94 valence electrons. The van der Waals surface area contributed by atoms with E-state index in [1.807, 2.05) is 13.8 Å². The molecule has 4 N–H and O–H groups in total. The van der Waals surface area contributed by atoms with E-state index in [4.69, 9.17) is 5.73 Å². The van der Waals surface area contributed by atoms with Gasteiger partial charge in [0.15, 0.2) is 0 Å². The second-order valence-electron chi connectivity index (χ2n) is 4.99. The summed E-state index contributed by atoms with van der Waals surface area (Å²) >= 11 is 0. The molecule has 1 fully saturated rings. The van der Waals surface area contributed by atoms with Gasteiger partial charge in [-0.05, 0) is 31.1 Å². The van der Waals surface area contributed by atoms with Crippen LogP contribution < -0.4 is 11.1 Å². The van der Waals surface area contributed by atoms with Gasteiger partial charge in [0.2, 0.25) is 5.91 Å². The summed E-state index contributed by atoms with van der Waals surface area (Å²) < 4.78 is 0. The molecule has 0 aromatic heterocycles. The maximum absolute atomic E-state index is 11.7.